The fourth-order valence-corrected chi connectivity index (χ4v) is 2.44. The van der Waals surface area contributed by atoms with Gasteiger partial charge in [0.25, 0.3) is 0 Å². The average Bonchev–Trinajstić information content (AvgIpc) is 2.74. The maximum absolute atomic E-state index is 11.6. The molecule has 0 aliphatic rings. The van der Waals surface area contributed by atoms with Gasteiger partial charge in [-0.05, 0) is 31.9 Å². The molecule has 0 saturated heterocycles. The highest BCUT2D eigenvalue weighted by Gasteiger charge is 2.16. The minimum atomic E-state index is -3.00. The van der Waals surface area contributed by atoms with E-state index >= 15 is 0 Å². The van der Waals surface area contributed by atoms with E-state index in [9.17, 15) is 13.5 Å². The summed E-state index contributed by atoms with van der Waals surface area (Å²) in [5.41, 5.74) is 0.842. The van der Waals surface area contributed by atoms with E-state index in [1.165, 1.54) is 0 Å². The Kier molecular flexibility index (Phi) is 4.77. The SMILES string of the molecule is CCC(O)c1ccn(CCS(=O)(=O)C(C)C)c1. The van der Waals surface area contributed by atoms with Crippen molar-refractivity contribution in [3.63, 3.8) is 0 Å². The van der Waals surface area contributed by atoms with Gasteiger partial charge in [-0.3, -0.25) is 0 Å². The molecule has 0 aromatic carbocycles. The standard InChI is InChI=1S/C12H21NO3S/c1-4-12(14)11-5-6-13(9-11)7-8-17(15,16)10(2)3/h5-6,9-10,12,14H,4,7-8H2,1-3H3. The van der Waals surface area contributed by atoms with Crippen molar-refractivity contribution in [2.75, 3.05) is 5.75 Å². The molecule has 4 nitrogen and oxygen atoms in total. The van der Waals surface area contributed by atoms with E-state index in [0.717, 1.165) is 5.56 Å². The Balaban J connectivity index is 2.62. The molecule has 0 saturated carbocycles. The lowest BCUT2D eigenvalue weighted by Gasteiger charge is -2.08. The molecule has 1 rings (SSSR count). The summed E-state index contributed by atoms with van der Waals surface area (Å²) < 4.78 is 25.1. The third-order valence-electron chi connectivity index (χ3n) is 2.90. The number of aryl methyl sites for hydroxylation is 1. The lowest BCUT2D eigenvalue weighted by atomic mass is 10.1. The number of aliphatic hydroxyl groups is 1. The molecular weight excluding hydrogens is 238 g/mol. The molecule has 98 valence electrons. The first-order valence-corrected chi connectivity index (χ1v) is 7.63. The molecule has 1 atom stereocenters. The number of aliphatic hydroxyl groups excluding tert-OH is 1. The summed E-state index contributed by atoms with van der Waals surface area (Å²) in [5.74, 6) is 0.140. The van der Waals surface area contributed by atoms with Crippen LogP contribution in [0, 0.1) is 0 Å². The van der Waals surface area contributed by atoms with Crippen LogP contribution in [0.3, 0.4) is 0 Å². The van der Waals surface area contributed by atoms with Crippen LogP contribution in [0.15, 0.2) is 18.5 Å². The van der Waals surface area contributed by atoms with E-state index in [0.29, 0.717) is 13.0 Å². The quantitative estimate of drug-likeness (QED) is 0.846. The monoisotopic (exact) mass is 259 g/mol. The van der Waals surface area contributed by atoms with Gasteiger partial charge in [-0.25, -0.2) is 8.42 Å². The normalized spacial score (nSPS) is 14.2. The van der Waals surface area contributed by atoms with Crippen molar-refractivity contribution in [3.05, 3.63) is 24.0 Å². The van der Waals surface area contributed by atoms with Gasteiger partial charge in [0.2, 0.25) is 0 Å². The maximum Gasteiger partial charge on any atom is 0.154 e. The lowest BCUT2D eigenvalue weighted by Crippen LogP contribution is -2.20. The van der Waals surface area contributed by atoms with Crippen molar-refractivity contribution in [1.29, 1.82) is 0 Å². The van der Waals surface area contributed by atoms with Crippen LogP contribution in [0.25, 0.3) is 0 Å². The second-order valence-corrected chi connectivity index (χ2v) is 7.20. The smallest absolute Gasteiger partial charge is 0.154 e. The Labute approximate surface area is 103 Å². The van der Waals surface area contributed by atoms with E-state index < -0.39 is 15.9 Å². The Bertz CT molecular complexity index is 448. The summed E-state index contributed by atoms with van der Waals surface area (Å²) in [6.07, 6.45) is 3.82. The predicted octanol–water partition coefficient (Wildman–Crippen LogP) is 1.75. The highest BCUT2D eigenvalue weighted by molar-refractivity contribution is 7.91. The topological polar surface area (TPSA) is 59.3 Å². The van der Waals surface area contributed by atoms with Crippen molar-refractivity contribution in [1.82, 2.24) is 4.57 Å². The zero-order valence-electron chi connectivity index (χ0n) is 10.6. The van der Waals surface area contributed by atoms with E-state index in [2.05, 4.69) is 0 Å². The number of nitrogens with zero attached hydrogens (tertiary/aromatic N) is 1. The average molecular weight is 259 g/mol. The molecule has 5 heteroatoms. The van der Waals surface area contributed by atoms with Crippen LogP contribution in [-0.4, -0.2) is 29.1 Å². The Morgan fingerprint density at radius 1 is 1.41 bits per heavy atom. The molecule has 0 bridgehead atoms. The molecule has 1 N–H and O–H groups in total. The highest BCUT2D eigenvalue weighted by atomic mass is 32.2. The van der Waals surface area contributed by atoms with Gasteiger partial charge in [-0.2, -0.15) is 0 Å². The molecule has 17 heavy (non-hydrogen) atoms. The summed E-state index contributed by atoms with van der Waals surface area (Å²) in [5, 5.41) is 9.29. The van der Waals surface area contributed by atoms with Gasteiger partial charge in [-0.15, -0.1) is 0 Å². The molecule has 1 aromatic heterocycles. The second kappa shape index (κ2) is 5.69. The van der Waals surface area contributed by atoms with E-state index in [1.54, 1.807) is 13.8 Å². The molecule has 0 radical (unpaired) electrons. The second-order valence-electron chi connectivity index (χ2n) is 4.52. The van der Waals surface area contributed by atoms with E-state index in [4.69, 9.17) is 0 Å². The molecule has 1 aromatic rings. The zero-order valence-corrected chi connectivity index (χ0v) is 11.4. The van der Waals surface area contributed by atoms with E-state index in [-0.39, 0.29) is 11.0 Å². The Morgan fingerprint density at radius 3 is 2.59 bits per heavy atom. The van der Waals surface area contributed by atoms with Crippen molar-refractivity contribution in [2.24, 2.45) is 0 Å². The van der Waals surface area contributed by atoms with Crippen LogP contribution in [0.2, 0.25) is 0 Å². The number of hydrogen-bond acceptors (Lipinski definition) is 3. The van der Waals surface area contributed by atoms with Crippen molar-refractivity contribution in [3.8, 4) is 0 Å². The molecule has 0 amide bonds. The summed E-state index contributed by atoms with van der Waals surface area (Å²) in [6, 6.07) is 1.83. The molecular formula is C12H21NO3S. The molecule has 1 heterocycles. The van der Waals surface area contributed by atoms with Crippen molar-refractivity contribution < 1.29 is 13.5 Å². The minimum absolute atomic E-state index is 0.140. The van der Waals surface area contributed by atoms with Crippen molar-refractivity contribution in [2.45, 2.75) is 45.1 Å². The van der Waals surface area contributed by atoms with Crippen LogP contribution in [0.4, 0.5) is 0 Å². The molecule has 0 spiro atoms. The van der Waals surface area contributed by atoms with Gasteiger partial charge in [-0.1, -0.05) is 6.92 Å². The number of hydrogen-bond donors (Lipinski definition) is 1. The van der Waals surface area contributed by atoms with Gasteiger partial charge >= 0.3 is 0 Å². The predicted molar refractivity (Wildman–Crippen MR) is 68.6 cm³/mol. The van der Waals surface area contributed by atoms with Gasteiger partial charge < -0.3 is 9.67 Å². The summed E-state index contributed by atoms with van der Waals surface area (Å²) in [4.78, 5) is 0. The summed E-state index contributed by atoms with van der Waals surface area (Å²) in [7, 11) is -3.00. The van der Waals surface area contributed by atoms with Crippen LogP contribution >= 0.6 is 0 Å². The third kappa shape index (κ3) is 3.85. The van der Waals surface area contributed by atoms with Gasteiger partial charge in [0.15, 0.2) is 9.84 Å². The first-order valence-electron chi connectivity index (χ1n) is 5.92. The minimum Gasteiger partial charge on any atom is -0.388 e. The fourth-order valence-electron chi connectivity index (χ4n) is 1.50. The first-order chi connectivity index (χ1) is 7.86. The third-order valence-corrected chi connectivity index (χ3v) is 5.09. The van der Waals surface area contributed by atoms with Gasteiger partial charge in [0.05, 0.1) is 17.1 Å². The molecule has 1 unspecified atom stereocenters. The molecule has 0 aliphatic carbocycles. The highest BCUT2D eigenvalue weighted by Crippen LogP contribution is 2.16. The van der Waals surface area contributed by atoms with Gasteiger partial charge in [0.1, 0.15) is 0 Å². The fraction of sp³-hybridized carbons (Fsp3) is 0.667. The maximum atomic E-state index is 11.6. The van der Waals surface area contributed by atoms with Gasteiger partial charge in [0, 0.05) is 18.9 Å². The zero-order chi connectivity index (χ0) is 13.1. The summed E-state index contributed by atoms with van der Waals surface area (Å²) >= 11 is 0. The number of aromatic nitrogens is 1. The molecule has 0 fully saturated rings. The van der Waals surface area contributed by atoms with Crippen LogP contribution < -0.4 is 0 Å². The van der Waals surface area contributed by atoms with Crippen LogP contribution in [-0.2, 0) is 16.4 Å². The Hall–Kier alpha value is -0.810. The van der Waals surface area contributed by atoms with E-state index in [1.807, 2.05) is 30.0 Å². The van der Waals surface area contributed by atoms with Crippen LogP contribution in [0.5, 0.6) is 0 Å². The first kappa shape index (κ1) is 14.3. The Morgan fingerprint density at radius 2 is 2.06 bits per heavy atom. The lowest BCUT2D eigenvalue weighted by molar-refractivity contribution is 0.173. The van der Waals surface area contributed by atoms with Crippen LogP contribution in [0.1, 0.15) is 38.9 Å². The largest absolute Gasteiger partial charge is 0.388 e. The van der Waals surface area contributed by atoms with Crippen molar-refractivity contribution >= 4 is 9.84 Å². The summed E-state index contributed by atoms with van der Waals surface area (Å²) in [6.45, 7) is 5.73. The number of rotatable bonds is 6. The number of sulfone groups is 1. The molecule has 0 aliphatic heterocycles.